The number of nitrogens with two attached hydrogens (primary N) is 2. The van der Waals surface area contributed by atoms with E-state index < -0.39 is 0 Å². The first-order valence-corrected chi connectivity index (χ1v) is 6.27. The van der Waals surface area contributed by atoms with Crippen LogP contribution in [0.1, 0.15) is 12.8 Å². The molecule has 0 heterocycles. The Morgan fingerprint density at radius 2 is 2.00 bits per heavy atom. The smallest absolute Gasteiger partial charge is 0.119 e. The summed E-state index contributed by atoms with van der Waals surface area (Å²) in [5.74, 6) is 6.55. The number of hydrogen-bond donors (Lipinski definition) is 2. The lowest BCUT2D eigenvalue weighted by Crippen LogP contribution is -2.31. The van der Waals surface area contributed by atoms with Gasteiger partial charge < -0.3 is 15.5 Å². The molecule has 19 heavy (non-hydrogen) atoms. The molecule has 0 atom stereocenters. The molecule has 0 aromatic heterocycles. The summed E-state index contributed by atoms with van der Waals surface area (Å²) in [4.78, 5) is 0. The van der Waals surface area contributed by atoms with Crippen molar-refractivity contribution in [3.8, 4) is 5.75 Å². The minimum absolute atomic E-state index is 0.473. The number of hydrogen-bond acceptors (Lipinski definition) is 4. The summed E-state index contributed by atoms with van der Waals surface area (Å²) in [6.07, 6.45) is 3.95. The maximum Gasteiger partial charge on any atom is 0.119 e. The highest BCUT2D eigenvalue weighted by molar-refractivity contribution is 6.32. The third-order valence-electron chi connectivity index (χ3n) is 2.50. The SMILES string of the molecule is [B]CCC/C(N)=C/N(N)CCOc1ccc([B])cc1. The summed E-state index contributed by atoms with van der Waals surface area (Å²) < 4.78 is 5.53. The Bertz CT molecular complexity index is 395. The first-order chi connectivity index (χ1) is 9.11. The van der Waals surface area contributed by atoms with E-state index in [1.165, 1.54) is 5.01 Å². The van der Waals surface area contributed by atoms with Crippen LogP contribution in [0.2, 0.25) is 6.32 Å². The highest BCUT2D eigenvalue weighted by atomic mass is 16.5. The zero-order chi connectivity index (χ0) is 14.1. The first-order valence-electron chi connectivity index (χ1n) is 6.27. The summed E-state index contributed by atoms with van der Waals surface area (Å²) in [6.45, 7) is 1.02. The van der Waals surface area contributed by atoms with Gasteiger partial charge in [-0.15, -0.1) is 0 Å². The molecular weight excluding hydrogens is 236 g/mol. The summed E-state index contributed by atoms with van der Waals surface area (Å²) in [6, 6.07) is 7.23. The monoisotopic (exact) mass is 255 g/mol. The van der Waals surface area contributed by atoms with E-state index in [9.17, 15) is 0 Å². The number of nitrogens with zero attached hydrogens (tertiary/aromatic N) is 1. The van der Waals surface area contributed by atoms with Crippen molar-refractivity contribution in [2.45, 2.75) is 19.2 Å². The van der Waals surface area contributed by atoms with Gasteiger partial charge in [0.25, 0.3) is 0 Å². The summed E-state index contributed by atoms with van der Waals surface area (Å²) in [5, 5.41) is 1.52. The Morgan fingerprint density at radius 3 is 2.63 bits per heavy atom. The third-order valence-corrected chi connectivity index (χ3v) is 2.50. The van der Waals surface area contributed by atoms with Gasteiger partial charge in [0.15, 0.2) is 0 Å². The van der Waals surface area contributed by atoms with Gasteiger partial charge in [-0.1, -0.05) is 30.3 Å². The molecule has 0 amide bonds. The molecule has 98 valence electrons. The quantitative estimate of drug-likeness (QED) is 0.395. The fourth-order valence-electron chi connectivity index (χ4n) is 1.48. The van der Waals surface area contributed by atoms with Gasteiger partial charge in [-0.05, 0) is 18.6 Å². The number of rotatable bonds is 8. The molecule has 4 nitrogen and oxygen atoms in total. The topological polar surface area (TPSA) is 64.5 Å². The summed E-state index contributed by atoms with van der Waals surface area (Å²) >= 11 is 0. The van der Waals surface area contributed by atoms with E-state index in [0.29, 0.717) is 24.9 Å². The van der Waals surface area contributed by atoms with Crippen molar-refractivity contribution in [1.29, 1.82) is 0 Å². The second-order valence-electron chi connectivity index (χ2n) is 4.25. The highest BCUT2D eigenvalue weighted by Gasteiger charge is 1.98. The molecule has 0 spiro atoms. The van der Waals surface area contributed by atoms with Crippen LogP contribution in [0.25, 0.3) is 0 Å². The molecule has 0 aliphatic rings. The molecule has 1 rings (SSSR count). The van der Waals surface area contributed by atoms with Crippen molar-refractivity contribution in [3.63, 3.8) is 0 Å². The van der Waals surface area contributed by atoms with E-state index in [2.05, 4.69) is 0 Å². The van der Waals surface area contributed by atoms with Gasteiger partial charge >= 0.3 is 0 Å². The Kier molecular flexibility index (Phi) is 6.97. The van der Waals surface area contributed by atoms with Crippen molar-refractivity contribution < 1.29 is 4.74 Å². The molecule has 6 heteroatoms. The highest BCUT2D eigenvalue weighted by Crippen LogP contribution is 2.07. The minimum atomic E-state index is 0.473. The molecular formula is C13H19B2N3O. The second kappa shape index (κ2) is 8.53. The fourth-order valence-corrected chi connectivity index (χ4v) is 1.48. The molecule has 1 aromatic carbocycles. The van der Waals surface area contributed by atoms with E-state index in [4.69, 9.17) is 32.0 Å². The molecule has 0 saturated heterocycles. The second-order valence-corrected chi connectivity index (χ2v) is 4.25. The van der Waals surface area contributed by atoms with Crippen molar-refractivity contribution in [3.05, 3.63) is 36.2 Å². The standard InChI is InChI=1S/C13H19B2N3O/c14-7-1-2-12(16)10-18(17)8-9-19-13-5-3-11(15)4-6-13/h3-6,10H,1-2,7-9,16-17H2/b12-10-. The maximum absolute atomic E-state index is 5.79. The first kappa shape index (κ1) is 15.5. The lowest BCUT2D eigenvalue weighted by Gasteiger charge is -2.15. The van der Waals surface area contributed by atoms with Crippen LogP contribution in [0.5, 0.6) is 5.75 Å². The molecule has 0 fully saturated rings. The summed E-state index contributed by atoms with van der Waals surface area (Å²) in [5.41, 5.74) is 7.22. The Hall–Kier alpha value is -1.55. The Balaban J connectivity index is 2.26. The molecule has 4 radical (unpaired) electrons. The van der Waals surface area contributed by atoms with E-state index in [1.807, 2.05) is 12.1 Å². The van der Waals surface area contributed by atoms with Crippen molar-refractivity contribution in [2.24, 2.45) is 11.6 Å². The molecule has 0 unspecified atom stereocenters. The van der Waals surface area contributed by atoms with Gasteiger partial charge in [0.1, 0.15) is 20.2 Å². The molecule has 1 aromatic rings. The van der Waals surface area contributed by atoms with Gasteiger partial charge in [0.2, 0.25) is 0 Å². The van der Waals surface area contributed by atoms with E-state index in [-0.39, 0.29) is 0 Å². The lowest BCUT2D eigenvalue weighted by atomic mass is 9.97. The van der Waals surface area contributed by atoms with Gasteiger partial charge in [0, 0.05) is 11.9 Å². The molecule has 0 saturated carbocycles. The average molecular weight is 255 g/mol. The van der Waals surface area contributed by atoms with Gasteiger partial charge in [0.05, 0.1) is 14.4 Å². The van der Waals surface area contributed by atoms with Crippen LogP contribution in [-0.4, -0.2) is 33.9 Å². The largest absolute Gasteiger partial charge is 0.492 e. The van der Waals surface area contributed by atoms with E-state index in [1.54, 1.807) is 18.3 Å². The van der Waals surface area contributed by atoms with Gasteiger partial charge in [-0.25, -0.2) is 5.84 Å². The van der Waals surface area contributed by atoms with Crippen LogP contribution < -0.4 is 21.8 Å². The van der Waals surface area contributed by atoms with Crippen LogP contribution >= 0.6 is 0 Å². The Labute approximate surface area is 117 Å². The zero-order valence-electron chi connectivity index (χ0n) is 11.1. The molecule has 0 aliphatic heterocycles. The van der Waals surface area contributed by atoms with Crippen LogP contribution in [0.3, 0.4) is 0 Å². The lowest BCUT2D eigenvalue weighted by molar-refractivity contribution is 0.256. The van der Waals surface area contributed by atoms with Crippen LogP contribution in [0.4, 0.5) is 0 Å². The van der Waals surface area contributed by atoms with Crippen molar-refractivity contribution in [2.75, 3.05) is 13.2 Å². The zero-order valence-corrected chi connectivity index (χ0v) is 11.1. The van der Waals surface area contributed by atoms with Crippen LogP contribution in [0.15, 0.2) is 36.2 Å². The van der Waals surface area contributed by atoms with E-state index >= 15 is 0 Å². The predicted molar refractivity (Wildman–Crippen MR) is 80.3 cm³/mol. The Morgan fingerprint density at radius 1 is 1.32 bits per heavy atom. The number of ether oxygens (including phenoxy) is 1. The van der Waals surface area contributed by atoms with Crippen molar-refractivity contribution in [1.82, 2.24) is 5.01 Å². The van der Waals surface area contributed by atoms with Gasteiger partial charge in [-0.3, -0.25) is 0 Å². The normalized spacial score (nSPS) is 11.3. The number of benzene rings is 1. The predicted octanol–water partition coefficient (Wildman–Crippen LogP) is 0.202. The summed E-state index contributed by atoms with van der Waals surface area (Å²) in [7, 11) is 11.0. The van der Waals surface area contributed by atoms with Crippen LogP contribution in [0, 0.1) is 0 Å². The number of hydrazine groups is 1. The van der Waals surface area contributed by atoms with Gasteiger partial charge in [-0.2, -0.15) is 0 Å². The van der Waals surface area contributed by atoms with Crippen molar-refractivity contribution >= 4 is 21.2 Å². The fraction of sp³-hybridized carbons (Fsp3) is 0.385. The maximum atomic E-state index is 5.79. The number of allylic oxidation sites excluding steroid dienone is 1. The molecule has 4 N–H and O–H groups in total. The van der Waals surface area contributed by atoms with E-state index in [0.717, 1.165) is 24.3 Å². The molecule has 0 bridgehead atoms. The average Bonchev–Trinajstić information content (AvgIpc) is 2.38. The van der Waals surface area contributed by atoms with Crippen LogP contribution in [-0.2, 0) is 0 Å². The minimum Gasteiger partial charge on any atom is -0.492 e. The molecule has 0 aliphatic carbocycles. The third kappa shape index (κ3) is 6.81.